The van der Waals surface area contributed by atoms with Crippen molar-refractivity contribution in [2.75, 3.05) is 26.4 Å². The van der Waals surface area contributed by atoms with Crippen LogP contribution in [0.5, 0.6) is 0 Å². The van der Waals surface area contributed by atoms with Crippen molar-refractivity contribution < 1.29 is 20.4 Å². The van der Waals surface area contributed by atoms with E-state index in [0.29, 0.717) is 0 Å². The molecule has 0 heterocycles. The van der Waals surface area contributed by atoms with Crippen LogP contribution in [0.25, 0.3) is 0 Å². The van der Waals surface area contributed by atoms with Crippen LogP contribution < -0.4 is 0 Å². The molecule has 0 saturated carbocycles. The van der Waals surface area contributed by atoms with E-state index >= 15 is 0 Å². The van der Waals surface area contributed by atoms with Crippen molar-refractivity contribution in [3.05, 3.63) is 12.2 Å². The summed E-state index contributed by atoms with van der Waals surface area (Å²) in [4.78, 5) is 0. The molecule has 0 atom stereocenters. The van der Waals surface area contributed by atoms with Gasteiger partial charge in [-0.05, 0) is 0 Å². The van der Waals surface area contributed by atoms with E-state index in [1.165, 1.54) is 12.2 Å². The largest absolute Gasteiger partial charge is 0.394 e. The zero-order valence-corrected chi connectivity index (χ0v) is 5.77. The Morgan fingerprint density at radius 3 is 1.10 bits per heavy atom. The fourth-order valence-electron chi connectivity index (χ4n) is 0.149. The van der Waals surface area contributed by atoms with E-state index in [0.717, 1.165) is 0 Å². The Morgan fingerprint density at radius 2 is 1.00 bits per heavy atom. The summed E-state index contributed by atoms with van der Waals surface area (Å²) in [6.07, 6.45) is 2.97. The van der Waals surface area contributed by atoms with Gasteiger partial charge in [-0.2, -0.15) is 0 Å². The second-order valence-corrected chi connectivity index (χ2v) is 1.28. The lowest BCUT2D eigenvalue weighted by molar-refractivity contribution is 0.186. The Bertz CT molecular complexity index is 54.8. The molecule has 0 aliphatic heterocycles. The SMILES string of the molecule is OCC=CCO.OCCO. The first-order valence-corrected chi connectivity index (χ1v) is 2.91. The van der Waals surface area contributed by atoms with Crippen molar-refractivity contribution in [2.45, 2.75) is 0 Å². The highest BCUT2D eigenvalue weighted by atomic mass is 16.3. The van der Waals surface area contributed by atoms with Gasteiger partial charge < -0.3 is 20.4 Å². The molecule has 0 saturated heterocycles. The van der Waals surface area contributed by atoms with Crippen LogP contribution in [0.1, 0.15) is 0 Å². The summed E-state index contributed by atoms with van der Waals surface area (Å²) in [6, 6.07) is 0. The molecule has 0 aliphatic rings. The molecule has 62 valence electrons. The van der Waals surface area contributed by atoms with Crippen LogP contribution in [-0.4, -0.2) is 46.9 Å². The first-order chi connectivity index (χ1) is 4.83. The molecule has 0 radical (unpaired) electrons. The van der Waals surface area contributed by atoms with Gasteiger partial charge in [-0.1, -0.05) is 12.2 Å². The zero-order valence-electron chi connectivity index (χ0n) is 5.77. The molecule has 0 aliphatic carbocycles. The summed E-state index contributed by atoms with van der Waals surface area (Å²) in [7, 11) is 0. The van der Waals surface area contributed by atoms with E-state index in [9.17, 15) is 0 Å². The molecule has 10 heavy (non-hydrogen) atoms. The van der Waals surface area contributed by atoms with Gasteiger partial charge in [-0.15, -0.1) is 0 Å². The number of aliphatic hydroxyl groups is 4. The molecule has 4 nitrogen and oxygen atoms in total. The summed E-state index contributed by atoms with van der Waals surface area (Å²) in [6.45, 7) is -0.221. The van der Waals surface area contributed by atoms with Crippen molar-refractivity contribution in [2.24, 2.45) is 0 Å². The van der Waals surface area contributed by atoms with Gasteiger partial charge in [0.25, 0.3) is 0 Å². The number of aliphatic hydroxyl groups excluding tert-OH is 4. The molecule has 0 rings (SSSR count). The van der Waals surface area contributed by atoms with Gasteiger partial charge in [-0.3, -0.25) is 0 Å². The van der Waals surface area contributed by atoms with Crippen LogP contribution in [0.4, 0.5) is 0 Å². The minimum Gasteiger partial charge on any atom is -0.394 e. The quantitative estimate of drug-likeness (QED) is 0.369. The summed E-state index contributed by atoms with van der Waals surface area (Å²) in [5.74, 6) is 0. The molecule has 0 amide bonds. The number of hydrogen-bond acceptors (Lipinski definition) is 4. The third-order valence-corrected chi connectivity index (χ3v) is 0.477. The van der Waals surface area contributed by atoms with Crippen molar-refractivity contribution >= 4 is 0 Å². The fraction of sp³-hybridized carbons (Fsp3) is 0.667. The Hall–Kier alpha value is -0.420. The second kappa shape index (κ2) is 15.8. The van der Waals surface area contributed by atoms with Gasteiger partial charge in [0.1, 0.15) is 0 Å². The van der Waals surface area contributed by atoms with Crippen molar-refractivity contribution in [3.63, 3.8) is 0 Å². The van der Waals surface area contributed by atoms with E-state index in [1.54, 1.807) is 0 Å². The van der Waals surface area contributed by atoms with Gasteiger partial charge in [0, 0.05) is 0 Å². The van der Waals surface area contributed by atoms with Crippen molar-refractivity contribution in [3.8, 4) is 0 Å². The molecule has 0 bridgehead atoms. The van der Waals surface area contributed by atoms with Crippen molar-refractivity contribution in [1.29, 1.82) is 0 Å². The maximum absolute atomic E-state index is 8.00. The molecule has 4 heteroatoms. The molecule has 0 spiro atoms. The standard InChI is InChI=1S/C4H8O2.C2H6O2/c5-3-1-2-4-6;3-1-2-4/h1-2,5-6H,3-4H2;3-4H,1-2H2. The molecule has 0 aromatic rings. The van der Waals surface area contributed by atoms with E-state index in [4.69, 9.17) is 20.4 Å². The average Bonchev–Trinajstić information content (AvgIpc) is 2.01. The van der Waals surface area contributed by atoms with E-state index in [-0.39, 0.29) is 26.4 Å². The Morgan fingerprint density at radius 1 is 0.700 bits per heavy atom. The summed E-state index contributed by atoms with van der Waals surface area (Å²) < 4.78 is 0. The van der Waals surface area contributed by atoms with Gasteiger partial charge in [0.05, 0.1) is 26.4 Å². The minimum atomic E-state index is -0.125. The third-order valence-electron chi connectivity index (χ3n) is 0.477. The average molecular weight is 150 g/mol. The third kappa shape index (κ3) is 25.6. The second-order valence-electron chi connectivity index (χ2n) is 1.28. The Balaban J connectivity index is 0. The predicted molar refractivity (Wildman–Crippen MR) is 37.5 cm³/mol. The number of hydrogen-bond donors (Lipinski definition) is 4. The smallest absolute Gasteiger partial charge is 0.0662 e. The normalized spacial score (nSPS) is 9.20. The highest BCUT2D eigenvalue weighted by Gasteiger charge is 1.61. The van der Waals surface area contributed by atoms with Crippen LogP contribution in [0.2, 0.25) is 0 Å². The lowest BCUT2D eigenvalue weighted by atomic mass is 10.5. The van der Waals surface area contributed by atoms with E-state index < -0.39 is 0 Å². The Kier molecular flexibility index (Phi) is 19.4. The molecular weight excluding hydrogens is 136 g/mol. The van der Waals surface area contributed by atoms with E-state index in [1.807, 2.05) is 0 Å². The monoisotopic (exact) mass is 150 g/mol. The molecular formula is C6H14O4. The van der Waals surface area contributed by atoms with Crippen LogP contribution in [0, 0.1) is 0 Å². The molecule has 0 aromatic carbocycles. The zero-order chi connectivity index (χ0) is 8.24. The van der Waals surface area contributed by atoms with Gasteiger partial charge in [-0.25, -0.2) is 0 Å². The molecule has 4 N–H and O–H groups in total. The Labute approximate surface area is 60.1 Å². The summed E-state index contributed by atoms with van der Waals surface area (Å²) in [5, 5.41) is 31.2. The van der Waals surface area contributed by atoms with Crippen LogP contribution in [-0.2, 0) is 0 Å². The first-order valence-electron chi connectivity index (χ1n) is 2.91. The van der Waals surface area contributed by atoms with E-state index in [2.05, 4.69) is 0 Å². The fourth-order valence-corrected chi connectivity index (χ4v) is 0.149. The lowest BCUT2D eigenvalue weighted by Gasteiger charge is -1.73. The van der Waals surface area contributed by atoms with Crippen LogP contribution in [0.15, 0.2) is 12.2 Å². The van der Waals surface area contributed by atoms with Gasteiger partial charge in [0.15, 0.2) is 0 Å². The molecule has 0 aromatic heterocycles. The summed E-state index contributed by atoms with van der Waals surface area (Å²) in [5.41, 5.74) is 0. The topological polar surface area (TPSA) is 80.9 Å². The maximum atomic E-state index is 8.00. The molecule has 0 unspecified atom stereocenters. The number of rotatable bonds is 3. The summed E-state index contributed by atoms with van der Waals surface area (Å²) >= 11 is 0. The predicted octanol–water partition coefficient (Wildman–Crippen LogP) is -1.50. The highest BCUT2D eigenvalue weighted by Crippen LogP contribution is 1.63. The minimum absolute atomic E-state index is 0.0144. The maximum Gasteiger partial charge on any atom is 0.0662 e. The molecule has 0 fully saturated rings. The van der Waals surface area contributed by atoms with Crippen LogP contribution in [0.3, 0.4) is 0 Å². The van der Waals surface area contributed by atoms with Gasteiger partial charge in [0.2, 0.25) is 0 Å². The van der Waals surface area contributed by atoms with Gasteiger partial charge >= 0.3 is 0 Å². The van der Waals surface area contributed by atoms with Crippen LogP contribution >= 0.6 is 0 Å². The van der Waals surface area contributed by atoms with Crippen molar-refractivity contribution in [1.82, 2.24) is 0 Å². The first kappa shape index (κ1) is 12.3. The highest BCUT2D eigenvalue weighted by molar-refractivity contribution is 4.78. The lowest BCUT2D eigenvalue weighted by Crippen LogP contribution is -1.85.